The highest BCUT2D eigenvalue weighted by Gasteiger charge is 2.24. The van der Waals surface area contributed by atoms with Crippen LogP contribution in [0, 0.1) is 0 Å². The van der Waals surface area contributed by atoms with Crippen molar-refractivity contribution < 1.29 is 8.42 Å². The molecule has 0 saturated heterocycles. The molecule has 0 radical (unpaired) electrons. The first kappa shape index (κ1) is 14.8. The van der Waals surface area contributed by atoms with Gasteiger partial charge in [-0.2, -0.15) is 4.37 Å². The number of nitrogens with one attached hydrogen (secondary N) is 1. The van der Waals surface area contributed by atoms with Gasteiger partial charge >= 0.3 is 0 Å². The SMILES string of the molecule is CCCS(=O)(=O)c1c(N)nsc1NCCn1ccnc1. The van der Waals surface area contributed by atoms with Crippen LogP contribution in [0.25, 0.3) is 0 Å². The van der Waals surface area contributed by atoms with Gasteiger partial charge < -0.3 is 15.6 Å². The zero-order valence-corrected chi connectivity index (χ0v) is 12.7. The van der Waals surface area contributed by atoms with Gasteiger partial charge in [-0.05, 0) is 18.0 Å². The van der Waals surface area contributed by atoms with Crippen molar-refractivity contribution in [3.05, 3.63) is 18.7 Å². The molecule has 2 rings (SSSR count). The van der Waals surface area contributed by atoms with Crippen molar-refractivity contribution in [1.82, 2.24) is 13.9 Å². The first-order chi connectivity index (χ1) is 9.54. The fourth-order valence-electron chi connectivity index (χ4n) is 1.80. The number of aromatic nitrogens is 3. The van der Waals surface area contributed by atoms with E-state index in [2.05, 4.69) is 14.7 Å². The van der Waals surface area contributed by atoms with E-state index in [1.807, 2.05) is 17.7 Å². The van der Waals surface area contributed by atoms with E-state index in [1.54, 1.807) is 12.5 Å². The molecule has 20 heavy (non-hydrogen) atoms. The van der Waals surface area contributed by atoms with E-state index >= 15 is 0 Å². The fourth-order valence-corrected chi connectivity index (χ4v) is 4.44. The highest BCUT2D eigenvalue weighted by molar-refractivity contribution is 7.91. The number of imidazole rings is 1. The molecule has 2 aromatic rings. The topological polar surface area (TPSA) is 103 Å². The number of nitrogens with zero attached hydrogens (tertiary/aromatic N) is 3. The van der Waals surface area contributed by atoms with Crippen LogP contribution >= 0.6 is 11.5 Å². The first-order valence-corrected chi connectivity index (χ1v) is 8.64. The number of rotatable bonds is 7. The minimum absolute atomic E-state index is 0.0752. The van der Waals surface area contributed by atoms with Crippen LogP contribution in [0.2, 0.25) is 0 Å². The molecular formula is C11H17N5O2S2. The monoisotopic (exact) mass is 315 g/mol. The lowest BCUT2D eigenvalue weighted by molar-refractivity contribution is 0.595. The van der Waals surface area contributed by atoms with Gasteiger partial charge in [-0.3, -0.25) is 0 Å². The number of nitrogens with two attached hydrogens (primary N) is 1. The molecule has 0 fully saturated rings. The summed E-state index contributed by atoms with van der Waals surface area (Å²) in [6.07, 6.45) is 5.79. The predicted octanol–water partition coefficient (Wildman–Crippen LogP) is 1.22. The molecule has 110 valence electrons. The van der Waals surface area contributed by atoms with Crippen molar-refractivity contribution >= 4 is 32.2 Å². The van der Waals surface area contributed by atoms with Gasteiger partial charge in [0.15, 0.2) is 15.7 Å². The number of hydrogen-bond acceptors (Lipinski definition) is 7. The first-order valence-electron chi connectivity index (χ1n) is 6.22. The van der Waals surface area contributed by atoms with Crippen LogP contribution in [-0.2, 0) is 16.4 Å². The fraction of sp³-hybridized carbons (Fsp3) is 0.455. The summed E-state index contributed by atoms with van der Waals surface area (Å²) in [6, 6.07) is 0. The average Bonchev–Trinajstić information content (AvgIpc) is 2.99. The lowest BCUT2D eigenvalue weighted by atomic mass is 10.5. The lowest BCUT2D eigenvalue weighted by Crippen LogP contribution is -2.13. The predicted molar refractivity (Wildman–Crippen MR) is 79.6 cm³/mol. The van der Waals surface area contributed by atoms with E-state index in [9.17, 15) is 8.42 Å². The molecule has 3 N–H and O–H groups in total. The van der Waals surface area contributed by atoms with Gasteiger partial charge in [-0.15, -0.1) is 0 Å². The van der Waals surface area contributed by atoms with Gasteiger partial charge in [-0.25, -0.2) is 13.4 Å². The Balaban J connectivity index is 2.09. The third-order valence-electron chi connectivity index (χ3n) is 2.67. The number of hydrogen-bond donors (Lipinski definition) is 2. The summed E-state index contributed by atoms with van der Waals surface area (Å²) in [7, 11) is -3.37. The molecule has 0 atom stereocenters. The van der Waals surface area contributed by atoms with Crippen molar-refractivity contribution in [3.8, 4) is 0 Å². The Labute approximate surface area is 121 Å². The van der Waals surface area contributed by atoms with Gasteiger partial charge in [-0.1, -0.05) is 6.92 Å². The largest absolute Gasteiger partial charge is 0.382 e. The molecule has 0 aliphatic heterocycles. The summed E-state index contributed by atoms with van der Waals surface area (Å²) in [5.74, 6) is 0.153. The number of nitrogen functional groups attached to an aromatic ring is 1. The van der Waals surface area contributed by atoms with Crippen molar-refractivity contribution in [2.45, 2.75) is 24.8 Å². The van der Waals surface area contributed by atoms with Crippen molar-refractivity contribution in [2.75, 3.05) is 23.3 Å². The Hall–Kier alpha value is -1.61. The van der Waals surface area contributed by atoms with E-state index in [-0.39, 0.29) is 16.5 Å². The second-order valence-electron chi connectivity index (χ2n) is 4.27. The standard InChI is InChI=1S/C11H17N5O2S2/c1-2-7-20(17,18)9-10(12)15-19-11(9)14-4-6-16-5-3-13-8-16/h3,5,8,14H,2,4,6-7H2,1H3,(H2,12,15). The molecule has 0 bridgehead atoms. The average molecular weight is 315 g/mol. The smallest absolute Gasteiger partial charge is 0.185 e. The maximum atomic E-state index is 12.2. The van der Waals surface area contributed by atoms with Gasteiger partial charge in [0.1, 0.15) is 9.90 Å². The molecule has 0 aromatic carbocycles. The second-order valence-corrected chi connectivity index (χ2v) is 7.09. The Kier molecular flexibility index (Phi) is 4.61. The zero-order chi connectivity index (χ0) is 14.6. The van der Waals surface area contributed by atoms with E-state index < -0.39 is 9.84 Å². The summed E-state index contributed by atoms with van der Waals surface area (Å²) < 4.78 is 30.2. The maximum absolute atomic E-state index is 12.2. The highest BCUT2D eigenvalue weighted by atomic mass is 32.2. The third-order valence-corrected chi connectivity index (χ3v) is 5.60. The van der Waals surface area contributed by atoms with Crippen LogP contribution < -0.4 is 11.1 Å². The maximum Gasteiger partial charge on any atom is 0.185 e. The quantitative estimate of drug-likeness (QED) is 0.796. The van der Waals surface area contributed by atoms with Crippen LogP contribution in [0.5, 0.6) is 0 Å². The molecule has 7 nitrogen and oxygen atoms in total. The van der Waals surface area contributed by atoms with E-state index in [0.717, 1.165) is 11.5 Å². The Morgan fingerprint density at radius 2 is 2.30 bits per heavy atom. The summed E-state index contributed by atoms with van der Waals surface area (Å²) in [4.78, 5) is 4.08. The van der Waals surface area contributed by atoms with Crippen LogP contribution in [0.4, 0.5) is 10.8 Å². The van der Waals surface area contributed by atoms with E-state index in [0.29, 0.717) is 24.5 Å². The van der Waals surface area contributed by atoms with Gasteiger partial charge in [0.25, 0.3) is 0 Å². The van der Waals surface area contributed by atoms with Crippen molar-refractivity contribution in [2.24, 2.45) is 0 Å². The summed E-state index contributed by atoms with van der Waals surface area (Å²) in [5.41, 5.74) is 5.69. The molecule has 9 heteroatoms. The van der Waals surface area contributed by atoms with Gasteiger partial charge in [0.05, 0.1) is 12.1 Å². The van der Waals surface area contributed by atoms with Gasteiger partial charge in [0.2, 0.25) is 0 Å². The molecule has 0 saturated carbocycles. The molecule has 2 aromatic heterocycles. The van der Waals surface area contributed by atoms with Crippen LogP contribution in [0.15, 0.2) is 23.6 Å². The molecule has 0 unspecified atom stereocenters. The molecule has 0 aliphatic rings. The Bertz CT molecular complexity index is 648. The van der Waals surface area contributed by atoms with Crippen LogP contribution in [0.3, 0.4) is 0 Å². The highest BCUT2D eigenvalue weighted by Crippen LogP contribution is 2.32. The van der Waals surface area contributed by atoms with Gasteiger partial charge in [0, 0.05) is 25.5 Å². The molecule has 2 heterocycles. The summed E-state index contributed by atoms with van der Waals surface area (Å²) in [6.45, 7) is 3.08. The number of sulfone groups is 1. The Morgan fingerprint density at radius 1 is 1.50 bits per heavy atom. The second kappa shape index (κ2) is 6.23. The van der Waals surface area contributed by atoms with Crippen LogP contribution in [0.1, 0.15) is 13.3 Å². The third kappa shape index (κ3) is 3.28. The summed E-state index contributed by atoms with van der Waals surface area (Å²) >= 11 is 1.08. The van der Waals surface area contributed by atoms with Crippen molar-refractivity contribution in [3.63, 3.8) is 0 Å². The molecular weight excluding hydrogens is 298 g/mol. The van der Waals surface area contributed by atoms with Crippen LogP contribution in [-0.4, -0.2) is 34.6 Å². The molecule has 0 spiro atoms. The minimum atomic E-state index is -3.37. The minimum Gasteiger partial charge on any atom is -0.382 e. The van der Waals surface area contributed by atoms with E-state index in [1.165, 1.54) is 0 Å². The number of anilines is 2. The van der Waals surface area contributed by atoms with Crippen molar-refractivity contribution in [1.29, 1.82) is 0 Å². The Morgan fingerprint density at radius 3 is 2.95 bits per heavy atom. The zero-order valence-electron chi connectivity index (χ0n) is 11.1. The molecule has 0 amide bonds. The lowest BCUT2D eigenvalue weighted by Gasteiger charge is -2.08. The molecule has 0 aliphatic carbocycles. The van der Waals surface area contributed by atoms with E-state index in [4.69, 9.17) is 5.73 Å². The summed E-state index contributed by atoms with van der Waals surface area (Å²) in [5, 5.41) is 3.60. The normalized spacial score (nSPS) is 11.7.